The number of benzene rings is 1. The first-order chi connectivity index (χ1) is 9.08. The van der Waals surface area contributed by atoms with E-state index in [2.05, 4.69) is 22.1 Å². The van der Waals surface area contributed by atoms with Crippen LogP contribution in [-0.2, 0) is 4.79 Å². The van der Waals surface area contributed by atoms with Gasteiger partial charge in [0.15, 0.2) is 0 Å². The molecule has 0 bridgehead atoms. The number of hydrogen-bond donors (Lipinski definition) is 2. The molecule has 0 atom stereocenters. The molecule has 0 saturated heterocycles. The third-order valence-corrected chi connectivity index (χ3v) is 3.22. The average molecular weight is 278 g/mol. The molecule has 19 heavy (non-hydrogen) atoms. The quantitative estimate of drug-likeness (QED) is 0.623. The lowest BCUT2D eigenvalue weighted by Gasteiger charge is -2.04. The number of carboxylic acid groups (broad SMARTS) is 1. The number of phenolic OH excluding ortho intramolecular Hbond substituents is 1. The van der Waals surface area contributed by atoms with E-state index in [1.54, 1.807) is 12.1 Å². The van der Waals surface area contributed by atoms with Crippen molar-refractivity contribution in [1.29, 1.82) is 0 Å². The predicted octanol–water partition coefficient (Wildman–Crippen LogP) is 1.10. The molecular formula is C11H10N4O3S. The maximum absolute atomic E-state index is 10.7. The number of thioether (sulfide) groups is 1. The van der Waals surface area contributed by atoms with Gasteiger partial charge in [-0.05, 0) is 34.7 Å². The van der Waals surface area contributed by atoms with E-state index >= 15 is 0 Å². The normalized spacial score (nSPS) is 10.3. The Morgan fingerprint density at radius 3 is 2.68 bits per heavy atom. The Bertz CT molecular complexity index is 609. The fraction of sp³-hybridized carbons (Fsp3) is 0.0909. The molecule has 0 saturated carbocycles. The van der Waals surface area contributed by atoms with Crippen LogP contribution in [0.5, 0.6) is 5.75 Å². The van der Waals surface area contributed by atoms with Crippen molar-refractivity contribution in [3.8, 4) is 11.4 Å². The number of nitrogens with zero attached hydrogens (tertiary/aromatic N) is 4. The van der Waals surface area contributed by atoms with Gasteiger partial charge in [-0.1, -0.05) is 18.3 Å². The van der Waals surface area contributed by atoms with Gasteiger partial charge in [0.05, 0.1) is 5.69 Å². The lowest BCUT2D eigenvalue weighted by atomic mass is 10.3. The zero-order valence-electron chi connectivity index (χ0n) is 9.72. The zero-order chi connectivity index (χ0) is 13.8. The molecule has 0 aliphatic rings. The molecule has 98 valence electrons. The van der Waals surface area contributed by atoms with Crippen LogP contribution in [0.3, 0.4) is 0 Å². The van der Waals surface area contributed by atoms with Crippen LogP contribution in [0.15, 0.2) is 41.6 Å². The number of aliphatic carboxylic acids is 1. The highest BCUT2D eigenvalue weighted by Gasteiger charge is 2.11. The first-order valence-corrected chi connectivity index (χ1v) is 6.18. The van der Waals surface area contributed by atoms with Crippen molar-refractivity contribution in [3.63, 3.8) is 0 Å². The second-order valence-corrected chi connectivity index (χ2v) is 4.53. The highest BCUT2D eigenvalue weighted by atomic mass is 32.2. The van der Waals surface area contributed by atoms with Gasteiger partial charge in [0.1, 0.15) is 5.75 Å². The van der Waals surface area contributed by atoms with Crippen LogP contribution in [0.4, 0.5) is 0 Å². The Morgan fingerprint density at radius 2 is 2.05 bits per heavy atom. The second kappa shape index (κ2) is 5.53. The molecule has 0 fully saturated rings. The zero-order valence-corrected chi connectivity index (χ0v) is 10.5. The van der Waals surface area contributed by atoms with Gasteiger partial charge < -0.3 is 10.2 Å². The van der Waals surface area contributed by atoms with E-state index in [1.165, 1.54) is 28.6 Å². The summed E-state index contributed by atoms with van der Waals surface area (Å²) in [4.78, 5) is 10.7. The van der Waals surface area contributed by atoms with Crippen molar-refractivity contribution in [1.82, 2.24) is 20.2 Å². The topological polar surface area (TPSA) is 101 Å². The summed E-state index contributed by atoms with van der Waals surface area (Å²) in [5, 5.41) is 29.6. The lowest BCUT2D eigenvalue weighted by Crippen LogP contribution is -2.03. The number of aromatic nitrogens is 4. The van der Waals surface area contributed by atoms with Crippen molar-refractivity contribution in [3.05, 3.63) is 36.4 Å². The van der Waals surface area contributed by atoms with Crippen molar-refractivity contribution in [2.75, 3.05) is 5.75 Å². The molecule has 0 amide bonds. The summed E-state index contributed by atoms with van der Waals surface area (Å²) in [5.74, 6) is -0.713. The molecule has 2 aromatic rings. The van der Waals surface area contributed by atoms with E-state index in [1.807, 2.05) is 0 Å². The molecule has 1 aromatic carbocycles. The summed E-state index contributed by atoms with van der Waals surface area (Å²) in [6, 6.07) is 6.34. The number of carboxylic acids is 1. The van der Waals surface area contributed by atoms with Crippen LogP contribution in [0.2, 0.25) is 0 Å². The van der Waals surface area contributed by atoms with Crippen LogP contribution < -0.4 is 0 Å². The summed E-state index contributed by atoms with van der Waals surface area (Å²) in [6.45, 7) is 3.44. The summed E-state index contributed by atoms with van der Waals surface area (Å²) in [5.41, 5.74) is 0.747. The first-order valence-electron chi connectivity index (χ1n) is 5.19. The largest absolute Gasteiger partial charge is 0.508 e. The third kappa shape index (κ3) is 3.10. The number of aromatic hydroxyl groups is 1. The molecule has 0 aliphatic heterocycles. The summed E-state index contributed by atoms with van der Waals surface area (Å²) < 4.78 is 1.46. The maximum Gasteiger partial charge on any atom is 0.331 e. The van der Waals surface area contributed by atoms with Crippen molar-refractivity contribution < 1.29 is 15.0 Å². The number of tetrazole rings is 1. The molecular weight excluding hydrogens is 268 g/mol. The van der Waals surface area contributed by atoms with E-state index in [9.17, 15) is 9.90 Å². The minimum absolute atomic E-state index is 0.0743. The Balaban J connectivity index is 2.16. The molecule has 1 heterocycles. The van der Waals surface area contributed by atoms with Crippen LogP contribution in [0.1, 0.15) is 0 Å². The van der Waals surface area contributed by atoms with Gasteiger partial charge in [-0.2, -0.15) is 4.68 Å². The molecule has 1 aromatic heterocycles. The van der Waals surface area contributed by atoms with Crippen LogP contribution in [0, 0.1) is 0 Å². The number of hydrogen-bond acceptors (Lipinski definition) is 6. The first kappa shape index (κ1) is 13.1. The Morgan fingerprint density at radius 1 is 1.37 bits per heavy atom. The van der Waals surface area contributed by atoms with Crippen molar-refractivity contribution in [2.45, 2.75) is 5.16 Å². The molecule has 7 nitrogen and oxygen atoms in total. The lowest BCUT2D eigenvalue weighted by molar-refractivity contribution is -0.132. The minimum Gasteiger partial charge on any atom is -0.508 e. The molecule has 2 rings (SSSR count). The van der Waals surface area contributed by atoms with Gasteiger partial charge >= 0.3 is 5.97 Å². The van der Waals surface area contributed by atoms with Gasteiger partial charge in [0.2, 0.25) is 5.16 Å². The number of phenols is 1. The minimum atomic E-state index is -1.05. The monoisotopic (exact) mass is 278 g/mol. The van der Waals surface area contributed by atoms with Crippen LogP contribution in [0.25, 0.3) is 5.69 Å². The summed E-state index contributed by atoms with van der Waals surface area (Å²) in [6.07, 6.45) is 0. The van der Waals surface area contributed by atoms with E-state index in [4.69, 9.17) is 5.11 Å². The molecule has 0 unspecified atom stereocenters. The highest BCUT2D eigenvalue weighted by molar-refractivity contribution is 7.99. The smallest absolute Gasteiger partial charge is 0.331 e. The standard InChI is InChI=1S/C11H10N4O3S/c1-7(10(17)18)6-19-11-12-13-14-15(11)8-2-4-9(16)5-3-8/h2-5,16H,1,6H2,(H,17,18). The van der Waals surface area contributed by atoms with E-state index < -0.39 is 5.97 Å². The number of rotatable bonds is 5. The highest BCUT2D eigenvalue weighted by Crippen LogP contribution is 2.21. The fourth-order valence-electron chi connectivity index (χ4n) is 1.24. The maximum atomic E-state index is 10.7. The van der Waals surface area contributed by atoms with Gasteiger partial charge in [-0.25, -0.2) is 4.79 Å². The van der Waals surface area contributed by atoms with Crippen molar-refractivity contribution >= 4 is 17.7 Å². The molecule has 0 radical (unpaired) electrons. The Hall–Kier alpha value is -2.35. The fourth-order valence-corrected chi connectivity index (χ4v) is 2.02. The van der Waals surface area contributed by atoms with Gasteiger partial charge in [-0.15, -0.1) is 5.10 Å². The summed E-state index contributed by atoms with van der Waals surface area (Å²) >= 11 is 1.17. The van der Waals surface area contributed by atoms with Gasteiger partial charge in [0.25, 0.3) is 0 Å². The second-order valence-electron chi connectivity index (χ2n) is 3.59. The van der Waals surface area contributed by atoms with E-state index in [0.29, 0.717) is 10.8 Å². The SMILES string of the molecule is C=C(CSc1nnnn1-c1ccc(O)cc1)C(=O)O. The third-order valence-electron chi connectivity index (χ3n) is 2.21. The molecule has 8 heteroatoms. The Kier molecular flexibility index (Phi) is 3.81. The Labute approximate surface area is 112 Å². The predicted molar refractivity (Wildman–Crippen MR) is 68.3 cm³/mol. The van der Waals surface area contributed by atoms with E-state index in [-0.39, 0.29) is 17.1 Å². The summed E-state index contributed by atoms with van der Waals surface area (Å²) in [7, 11) is 0. The van der Waals surface area contributed by atoms with Crippen LogP contribution >= 0.6 is 11.8 Å². The molecule has 0 spiro atoms. The molecule has 2 N–H and O–H groups in total. The number of carbonyl (C=O) groups is 1. The van der Waals surface area contributed by atoms with Gasteiger partial charge in [-0.3, -0.25) is 0 Å². The molecule has 0 aliphatic carbocycles. The average Bonchev–Trinajstić information content (AvgIpc) is 2.85. The van der Waals surface area contributed by atoms with E-state index in [0.717, 1.165) is 0 Å². The van der Waals surface area contributed by atoms with Crippen LogP contribution in [-0.4, -0.2) is 42.1 Å². The van der Waals surface area contributed by atoms with Crippen molar-refractivity contribution in [2.24, 2.45) is 0 Å². The van der Waals surface area contributed by atoms with Gasteiger partial charge in [0, 0.05) is 11.3 Å².